The molecule has 22 heavy (non-hydrogen) atoms. The van der Waals surface area contributed by atoms with Gasteiger partial charge >= 0.3 is 12.2 Å². The van der Waals surface area contributed by atoms with Crippen molar-refractivity contribution in [3.63, 3.8) is 0 Å². The third-order valence-corrected chi connectivity index (χ3v) is 4.13. The van der Waals surface area contributed by atoms with Gasteiger partial charge in [0.2, 0.25) is 11.0 Å². The molecule has 0 bridgehead atoms. The van der Waals surface area contributed by atoms with E-state index in [1.807, 2.05) is 0 Å². The lowest BCUT2D eigenvalue weighted by molar-refractivity contribution is -0.119. The van der Waals surface area contributed by atoms with Crippen LogP contribution in [0.5, 0.6) is 0 Å². The lowest BCUT2D eigenvalue weighted by Gasteiger charge is -2.09. The minimum atomic E-state index is -4.35. The SMILES string of the molecule is CCNC(=O)NC(=O)C(C)Sc1nnc(NCC(F)(F)F)s1. The van der Waals surface area contributed by atoms with Gasteiger partial charge in [0.1, 0.15) is 6.54 Å². The second kappa shape index (κ2) is 8.17. The number of halogens is 3. The first-order valence-corrected chi connectivity index (χ1v) is 7.80. The number of rotatable bonds is 6. The molecule has 0 aliphatic carbocycles. The third-order valence-electron chi connectivity index (χ3n) is 2.07. The molecular weight excluding hydrogens is 343 g/mol. The molecule has 0 aromatic carbocycles. The summed E-state index contributed by atoms with van der Waals surface area (Å²) in [7, 11) is 0. The minimum absolute atomic E-state index is 0.0103. The fraction of sp³-hybridized carbons (Fsp3) is 0.600. The highest BCUT2D eigenvalue weighted by molar-refractivity contribution is 8.02. The molecule has 124 valence electrons. The molecule has 1 aromatic rings. The van der Waals surface area contributed by atoms with Gasteiger partial charge in [-0.05, 0) is 13.8 Å². The van der Waals surface area contributed by atoms with Gasteiger partial charge in [-0.3, -0.25) is 10.1 Å². The molecule has 1 heterocycles. The van der Waals surface area contributed by atoms with Gasteiger partial charge < -0.3 is 10.6 Å². The fourth-order valence-corrected chi connectivity index (χ4v) is 3.02. The van der Waals surface area contributed by atoms with Crippen molar-refractivity contribution in [2.45, 2.75) is 29.6 Å². The number of nitrogens with zero attached hydrogens (tertiary/aromatic N) is 2. The van der Waals surface area contributed by atoms with Gasteiger partial charge in [0, 0.05) is 6.54 Å². The maximum atomic E-state index is 12.0. The standard InChI is InChI=1S/C10H14F3N5O2S2/c1-3-14-7(20)16-6(19)5(2)21-9-18-17-8(22-9)15-4-10(11,12)13/h5H,3-4H2,1-2H3,(H,15,17)(H2,14,16,19,20). The zero-order valence-electron chi connectivity index (χ0n) is 11.7. The Hall–Kier alpha value is -1.56. The third kappa shape index (κ3) is 6.93. The minimum Gasteiger partial charge on any atom is -0.351 e. The number of urea groups is 1. The van der Waals surface area contributed by atoms with Crippen molar-refractivity contribution in [3.8, 4) is 0 Å². The number of amides is 3. The highest BCUT2D eigenvalue weighted by Crippen LogP contribution is 2.29. The van der Waals surface area contributed by atoms with Crippen molar-refractivity contribution < 1.29 is 22.8 Å². The molecule has 0 aliphatic rings. The van der Waals surface area contributed by atoms with Gasteiger partial charge in [0.15, 0.2) is 4.34 Å². The summed E-state index contributed by atoms with van der Waals surface area (Å²) in [6.45, 7) is 2.42. The van der Waals surface area contributed by atoms with Crippen molar-refractivity contribution in [1.29, 1.82) is 0 Å². The summed E-state index contributed by atoms with van der Waals surface area (Å²) in [6.07, 6.45) is -4.35. The van der Waals surface area contributed by atoms with Crippen LogP contribution in [0.1, 0.15) is 13.8 Å². The number of hydrogen-bond acceptors (Lipinski definition) is 7. The average Bonchev–Trinajstić information content (AvgIpc) is 2.83. The number of alkyl halides is 3. The van der Waals surface area contributed by atoms with Gasteiger partial charge in [-0.2, -0.15) is 13.2 Å². The summed E-state index contributed by atoms with van der Waals surface area (Å²) in [5.74, 6) is -0.532. The fourth-order valence-electron chi connectivity index (χ4n) is 1.13. The van der Waals surface area contributed by atoms with Crippen LogP contribution in [0.2, 0.25) is 0 Å². The van der Waals surface area contributed by atoms with E-state index in [1.165, 1.54) is 0 Å². The Kier molecular flexibility index (Phi) is 6.87. The molecule has 0 fully saturated rings. The number of aromatic nitrogens is 2. The number of thioether (sulfide) groups is 1. The van der Waals surface area contributed by atoms with Crippen LogP contribution in [-0.4, -0.2) is 46.7 Å². The van der Waals surface area contributed by atoms with Gasteiger partial charge in [-0.15, -0.1) is 10.2 Å². The maximum absolute atomic E-state index is 12.0. The van der Waals surface area contributed by atoms with Crippen LogP contribution < -0.4 is 16.0 Å². The van der Waals surface area contributed by atoms with E-state index in [2.05, 4.69) is 26.1 Å². The Labute approximate surface area is 132 Å². The smallest absolute Gasteiger partial charge is 0.351 e. The summed E-state index contributed by atoms with van der Waals surface area (Å²) < 4.78 is 36.5. The van der Waals surface area contributed by atoms with E-state index >= 15 is 0 Å². The van der Waals surface area contributed by atoms with E-state index < -0.39 is 29.9 Å². The first-order valence-electron chi connectivity index (χ1n) is 6.10. The van der Waals surface area contributed by atoms with Crippen LogP contribution in [0.15, 0.2) is 4.34 Å². The van der Waals surface area contributed by atoms with Crippen LogP contribution in [-0.2, 0) is 4.79 Å². The van der Waals surface area contributed by atoms with Crippen LogP contribution in [0, 0.1) is 0 Å². The molecule has 1 atom stereocenters. The second-order valence-corrected chi connectivity index (χ2v) is 6.52. The zero-order valence-corrected chi connectivity index (χ0v) is 13.3. The second-order valence-electron chi connectivity index (χ2n) is 3.95. The van der Waals surface area contributed by atoms with Gasteiger partial charge in [-0.25, -0.2) is 4.79 Å². The monoisotopic (exact) mass is 357 g/mol. The van der Waals surface area contributed by atoms with E-state index in [0.717, 1.165) is 23.1 Å². The maximum Gasteiger partial charge on any atom is 0.405 e. The first-order chi connectivity index (χ1) is 10.2. The Balaban J connectivity index is 2.48. The molecule has 0 radical (unpaired) electrons. The first kappa shape index (κ1) is 18.5. The largest absolute Gasteiger partial charge is 0.405 e. The van der Waals surface area contributed by atoms with Crippen LogP contribution in [0.4, 0.5) is 23.1 Å². The van der Waals surface area contributed by atoms with E-state index in [-0.39, 0.29) is 5.13 Å². The van der Waals surface area contributed by atoms with Crippen LogP contribution in [0.3, 0.4) is 0 Å². The van der Waals surface area contributed by atoms with Gasteiger partial charge in [-0.1, -0.05) is 23.1 Å². The number of imide groups is 1. The molecule has 0 saturated carbocycles. The van der Waals surface area contributed by atoms with Crippen LogP contribution >= 0.6 is 23.1 Å². The molecular formula is C10H14F3N5O2S2. The topological polar surface area (TPSA) is 96.0 Å². The van der Waals surface area contributed by atoms with E-state index in [1.54, 1.807) is 13.8 Å². The molecule has 1 aromatic heterocycles. The molecule has 7 nitrogen and oxygen atoms in total. The predicted molar refractivity (Wildman–Crippen MR) is 77.0 cm³/mol. The molecule has 0 saturated heterocycles. The van der Waals surface area contributed by atoms with Crippen molar-refractivity contribution in [1.82, 2.24) is 20.8 Å². The molecule has 3 N–H and O–H groups in total. The average molecular weight is 357 g/mol. The van der Waals surface area contributed by atoms with Gasteiger partial charge in [0.25, 0.3) is 0 Å². The highest BCUT2D eigenvalue weighted by Gasteiger charge is 2.27. The lowest BCUT2D eigenvalue weighted by Crippen LogP contribution is -2.42. The van der Waals surface area contributed by atoms with Crippen molar-refractivity contribution in [2.24, 2.45) is 0 Å². The van der Waals surface area contributed by atoms with Crippen molar-refractivity contribution in [2.75, 3.05) is 18.4 Å². The van der Waals surface area contributed by atoms with E-state index in [4.69, 9.17) is 0 Å². The lowest BCUT2D eigenvalue weighted by atomic mass is 10.4. The quantitative estimate of drug-likeness (QED) is 0.673. The normalized spacial score (nSPS) is 12.6. The number of nitrogens with one attached hydrogen (secondary N) is 3. The Bertz CT molecular complexity index is 523. The number of carbonyl (C=O) groups excluding carboxylic acids is 2. The number of anilines is 1. The Morgan fingerprint density at radius 2 is 2.05 bits per heavy atom. The predicted octanol–water partition coefficient (Wildman–Crippen LogP) is 1.84. The number of hydrogen-bond donors (Lipinski definition) is 3. The number of carbonyl (C=O) groups is 2. The zero-order chi connectivity index (χ0) is 16.8. The Morgan fingerprint density at radius 3 is 2.64 bits per heavy atom. The summed E-state index contributed by atoms with van der Waals surface area (Å²) >= 11 is 1.90. The highest BCUT2D eigenvalue weighted by atomic mass is 32.2. The van der Waals surface area contributed by atoms with Crippen molar-refractivity contribution >= 4 is 40.2 Å². The summed E-state index contributed by atoms with van der Waals surface area (Å²) in [6, 6.07) is -0.607. The summed E-state index contributed by atoms with van der Waals surface area (Å²) in [5, 5.41) is 13.2. The molecule has 3 amide bonds. The molecule has 0 aliphatic heterocycles. The van der Waals surface area contributed by atoms with Crippen molar-refractivity contribution in [3.05, 3.63) is 0 Å². The van der Waals surface area contributed by atoms with Gasteiger partial charge in [0.05, 0.1) is 5.25 Å². The molecule has 12 heteroatoms. The summed E-state index contributed by atoms with van der Waals surface area (Å²) in [4.78, 5) is 22.9. The molecule has 1 unspecified atom stereocenters. The molecule has 1 rings (SSSR count). The van der Waals surface area contributed by atoms with E-state index in [9.17, 15) is 22.8 Å². The molecule has 0 spiro atoms. The summed E-state index contributed by atoms with van der Waals surface area (Å²) in [5.41, 5.74) is 0. The van der Waals surface area contributed by atoms with Crippen LogP contribution in [0.25, 0.3) is 0 Å². The Morgan fingerprint density at radius 1 is 1.36 bits per heavy atom. The van der Waals surface area contributed by atoms with E-state index in [0.29, 0.717) is 10.9 Å².